The molecule has 1 heterocycles. The molecular weight excluding hydrogens is 352 g/mol. The molecule has 1 aliphatic heterocycles. The van der Waals surface area contributed by atoms with Gasteiger partial charge in [-0.25, -0.2) is 0 Å². The summed E-state index contributed by atoms with van der Waals surface area (Å²) in [5.74, 6) is 2.37. The van der Waals surface area contributed by atoms with Crippen molar-refractivity contribution in [1.29, 1.82) is 0 Å². The van der Waals surface area contributed by atoms with Gasteiger partial charge in [0.05, 0.1) is 13.2 Å². The van der Waals surface area contributed by atoms with E-state index in [0.29, 0.717) is 23.5 Å². The number of benzene rings is 1. The molecule has 3 N–H and O–H groups in total. The zero-order chi connectivity index (χ0) is 19.5. The molecule has 4 aliphatic rings. The minimum atomic E-state index is -0.0542. The number of likely N-dealkylation sites (tertiary alicyclic amines) is 1. The van der Waals surface area contributed by atoms with Gasteiger partial charge in [0.25, 0.3) is 0 Å². The molecule has 3 aliphatic carbocycles. The summed E-state index contributed by atoms with van der Waals surface area (Å²) in [5.41, 5.74) is 8.96. The van der Waals surface area contributed by atoms with Gasteiger partial charge < -0.3 is 20.3 Å². The first kappa shape index (κ1) is 18.7. The van der Waals surface area contributed by atoms with Crippen LogP contribution in [-0.2, 0) is 16.6 Å². The number of hydrogen-bond acceptors (Lipinski definition) is 5. The largest absolute Gasteiger partial charge is 0.504 e. The second-order valence-electron chi connectivity index (χ2n) is 9.58. The fourth-order valence-corrected chi connectivity index (χ4v) is 6.65. The Labute approximate surface area is 168 Å². The smallest absolute Gasteiger partial charge is 0.161 e. The van der Waals surface area contributed by atoms with Crippen LogP contribution in [0.25, 0.3) is 0 Å². The standard InChI is InChI=1S/C23H34N2O3/c1-27-19-6-5-15-11-18-16-12-20(28-2)17(24)13-23(16,21(15)22(19)26)8-10-25(18)9-7-14-3-4-14/h5-6,14,16-18,20,26H,3-4,7-13,24H2,1-2H3. The lowest BCUT2D eigenvalue weighted by molar-refractivity contribution is -0.0698. The molecule has 1 aromatic rings. The van der Waals surface area contributed by atoms with Crippen LogP contribution in [0, 0.1) is 11.8 Å². The normalized spacial score (nSPS) is 37.2. The van der Waals surface area contributed by atoms with Crippen molar-refractivity contribution in [1.82, 2.24) is 4.90 Å². The number of methoxy groups -OCH3 is 2. The second-order valence-corrected chi connectivity index (χ2v) is 9.58. The van der Waals surface area contributed by atoms with Gasteiger partial charge in [-0.2, -0.15) is 0 Å². The highest BCUT2D eigenvalue weighted by atomic mass is 16.5. The van der Waals surface area contributed by atoms with E-state index in [1.54, 1.807) is 14.2 Å². The molecule has 0 aromatic heterocycles. The van der Waals surface area contributed by atoms with Gasteiger partial charge in [-0.15, -0.1) is 0 Å². The average molecular weight is 387 g/mol. The summed E-state index contributed by atoms with van der Waals surface area (Å²) in [7, 11) is 3.43. The van der Waals surface area contributed by atoms with Crippen molar-refractivity contribution in [3.05, 3.63) is 23.3 Å². The zero-order valence-corrected chi connectivity index (χ0v) is 17.2. The molecule has 0 amide bonds. The summed E-state index contributed by atoms with van der Waals surface area (Å²) >= 11 is 0. The number of phenolic OH excluding ortho intramolecular Hbond substituents is 1. The van der Waals surface area contributed by atoms with Gasteiger partial charge in [0.1, 0.15) is 0 Å². The number of piperidine rings is 1. The Balaban J connectivity index is 1.56. The molecule has 5 rings (SSSR count). The number of aromatic hydroxyl groups is 1. The monoisotopic (exact) mass is 386 g/mol. The fourth-order valence-electron chi connectivity index (χ4n) is 6.65. The van der Waals surface area contributed by atoms with E-state index in [1.165, 1.54) is 31.4 Å². The Morgan fingerprint density at radius 1 is 1.29 bits per heavy atom. The van der Waals surface area contributed by atoms with E-state index in [-0.39, 0.29) is 17.6 Å². The quantitative estimate of drug-likeness (QED) is 0.814. The van der Waals surface area contributed by atoms with Crippen molar-refractivity contribution in [2.45, 2.75) is 68.5 Å². The first-order valence-corrected chi connectivity index (χ1v) is 11.0. The van der Waals surface area contributed by atoms with Crippen LogP contribution in [0.3, 0.4) is 0 Å². The summed E-state index contributed by atoms with van der Waals surface area (Å²) in [5, 5.41) is 11.1. The summed E-state index contributed by atoms with van der Waals surface area (Å²) in [6, 6.07) is 4.64. The number of ether oxygens (including phenoxy) is 2. The molecular formula is C23H34N2O3. The molecule has 28 heavy (non-hydrogen) atoms. The maximum Gasteiger partial charge on any atom is 0.161 e. The van der Waals surface area contributed by atoms with Gasteiger partial charge in [-0.05, 0) is 68.7 Å². The van der Waals surface area contributed by atoms with Crippen molar-refractivity contribution in [3.63, 3.8) is 0 Å². The molecule has 2 bridgehead atoms. The second kappa shape index (κ2) is 6.89. The Hall–Kier alpha value is -1.30. The van der Waals surface area contributed by atoms with Crippen LogP contribution in [-0.4, -0.2) is 55.5 Å². The van der Waals surface area contributed by atoms with E-state index in [2.05, 4.69) is 11.0 Å². The first-order valence-electron chi connectivity index (χ1n) is 11.0. The molecule has 0 radical (unpaired) electrons. The number of phenols is 1. The lowest BCUT2D eigenvalue weighted by Crippen LogP contribution is -2.65. The minimum Gasteiger partial charge on any atom is -0.504 e. The van der Waals surface area contributed by atoms with Crippen LogP contribution in [0.2, 0.25) is 0 Å². The molecule has 1 aromatic carbocycles. The lowest BCUT2D eigenvalue weighted by Gasteiger charge is -2.61. The molecule has 5 unspecified atom stereocenters. The maximum atomic E-state index is 11.1. The van der Waals surface area contributed by atoms with E-state index < -0.39 is 0 Å². The zero-order valence-electron chi connectivity index (χ0n) is 17.2. The molecule has 5 atom stereocenters. The highest BCUT2D eigenvalue weighted by Gasteiger charge is 2.58. The van der Waals surface area contributed by atoms with Crippen molar-refractivity contribution in [2.24, 2.45) is 17.6 Å². The van der Waals surface area contributed by atoms with Crippen LogP contribution >= 0.6 is 0 Å². The Kier molecular flexibility index (Phi) is 4.61. The fraction of sp³-hybridized carbons (Fsp3) is 0.739. The highest BCUT2D eigenvalue weighted by molar-refractivity contribution is 5.56. The Morgan fingerprint density at radius 2 is 2.11 bits per heavy atom. The molecule has 1 saturated heterocycles. The van der Waals surface area contributed by atoms with Gasteiger partial charge in [-0.3, -0.25) is 4.90 Å². The number of nitrogens with two attached hydrogens (primary N) is 1. The number of rotatable bonds is 5. The van der Waals surface area contributed by atoms with E-state index in [4.69, 9.17) is 15.2 Å². The van der Waals surface area contributed by atoms with Crippen LogP contribution in [0.1, 0.15) is 49.7 Å². The third kappa shape index (κ3) is 2.78. The van der Waals surface area contributed by atoms with Crippen molar-refractivity contribution in [2.75, 3.05) is 27.3 Å². The van der Waals surface area contributed by atoms with E-state index in [9.17, 15) is 5.11 Å². The van der Waals surface area contributed by atoms with E-state index in [0.717, 1.165) is 43.7 Å². The van der Waals surface area contributed by atoms with Crippen LogP contribution in [0.5, 0.6) is 11.5 Å². The topological polar surface area (TPSA) is 68.0 Å². The molecule has 3 fully saturated rings. The number of nitrogens with zero attached hydrogens (tertiary/aromatic N) is 1. The summed E-state index contributed by atoms with van der Waals surface area (Å²) < 4.78 is 11.3. The number of fused-ring (bicyclic) bond motifs is 1. The number of hydrogen-bond donors (Lipinski definition) is 2. The van der Waals surface area contributed by atoms with Crippen LogP contribution < -0.4 is 10.5 Å². The van der Waals surface area contributed by atoms with Crippen molar-refractivity contribution in [3.8, 4) is 11.5 Å². The third-order valence-electron chi connectivity index (χ3n) is 8.25. The van der Waals surface area contributed by atoms with E-state index in [1.807, 2.05) is 6.07 Å². The summed E-state index contributed by atoms with van der Waals surface area (Å²) in [6.07, 6.45) is 8.23. The van der Waals surface area contributed by atoms with Gasteiger partial charge in [0.15, 0.2) is 11.5 Å². The maximum absolute atomic E-state index is 11.1. The first-order chi connectivity index (χ1) is 13.6. The van der Waals surface area contributed by atoms with E-state index >= 15 is 0 Å². The van der Waals surface area contributed by atoms with Crippen molar-refractivity contribution < 1.29 is 14.6 Å². The lowest BCUT2D eigenvalue weighted by atomic mass is 9.51. The van der Waals surface area contributed by atoms with Crippen LogP contribution in [0.15, 0.2) is 12.1 Å². The summed E-state index contributed by atoms with van der Waals surface area (Å²) in [4.78, 5) is 2.75. The van der Waals surface area contributed by atoms with Crippen LogP contribution in [0.4, 0.5) is 0 Å². The SMILES string of the molecule is COc1ccc2c(c1O)C13CCN(CCC4CC4)C(C2)C1CC(OC)C(N)C3. The van der Waals surface area contributed by atoms with Gasteiger partial charge in [-0.1, -0.05) is 18.9 Å². The summed E-state index contributed by atoms with van der Waals surface area (Å²) in [6.45, 7) is 2.32. The van der Waals surface area contributed by atoms with Gasteiger partial charge in [0, 0.05) is 30.2 Å². The van der Waals surface area contributed by atoms with Gasteiger partial charge in [0.2, 0.25) is 0 Å². The minimum absolute atomic E-state index is 0.0106. The Morgan fingerprint density at radius 3 is 2.82 bits per heavy atom. The predicted octanol–water partition coefficient (Wildman–Crippen LogP) is 2.82. The molecule has 5 heteroatoms. The highest BCUT2D eigenvalue weighted by Crippen LogP contribution is 2.59. The Bertz CT molecular complexity index is 750. The molecule has 5 nitrogen and oxygen atoms in total. The van der Waals surface area contributed by atoms with Crippen molar-refractivity contribution >= 4 is 0 Å². The predicted molar refractivity (Wildman–Crippen MR) is 109 cm³/mol. The average Bonchev–Trinajstić information content (AvgIpc) is 3.51. The molecule has 154 valence electrons. The van der Waals surface area contributed by atoms with Gasteiger partial charge >= 0.3 is 0 Å². The third-order valence-corrected chi connectivity index (χ3v) is 8.25. The molecule has 0 spiro atoms. The molecule has 2 saturated carbocycles.